The molecule has 0 aliphatic heterocycles. The summed E-state index contributed by atoms with van der Waals surface area (Å²) in [4.78, 5) is 3.98. The molecule has 0 radical (unpaired) electrons. The molecule has 0 fully saturated rings. The summed E-state index contributed by atoms with van der Waals surface area (Å²) in [5.74, 6) is 0. The molecule has 0 aliphatic carbocycles. The minimum atomic E-state index is 0.849. The van der Waals surface area contributed by atoms with Crippen LogP contribution < -0.4 is 0 Å². The molecule has 1 nitrogen and oxygen atoms in total. The van der Waals surface area contributed by atoms with Crippen molar-refractivity contribution in [3.8, 4) is 11.1 Å². The maximum atomic E-state index is 4.62. The largest absolute Gasteiger partial charge is 0.195 e. The zero-order chi connectivity index (χ0) is 15.6. The molecule has 0 aliphatic rings. The van der Waals surface area contributed by atoms with E-state index in [2.05, 4.69) is 65.7 Å². The Morgan fingerprint density at radius 1 is 0.818 bits per heavy atom. The molecule has 0 atom stereocenters. The predicted molar refractivity (Wildman–Crippen MR) is 99.0 cm³/mol. The normalized spacial score (nSPS) is 10.2. The summed E-state index contributed by atoms with van der Waals surface area (Å²) in [6.45, 7) is 2.26. The molecule has 0 N–H and O–H groups in total. The predicted octanol–water partition coefficient (Wildman–Crippen LogP) is 6.60. The standard InChI is InChI=1S/C20H23NS/c1-2-3-4-5-6-7-17-8-10-18(11-9-17)19-12-14-20(15-13-19)21-16-22/h8-15H,2-7H2,1H3. The van der Waals surface area contributed by atoms with Crippen molar-refractivity contribution < 1.29 is 0 Å². The van der Waals surface area contributed by atoms with Crippen molar-refractivity contribution in [3.05, 3.63) is 54.1 Å². The molecular formula is C20H23NS. The molecule has 0 saturated carbocycles. The first-order chi connectivity index (χ1) is 10.8. The van der Waals surface area contributed by atoms with E-state index in [0.29, 0.717) is 0 Å². The van der Waals surface area contributed by atoms with Gasteiger partial charge in [-0.2, -0.15) is 4.99 Å². The number of aliphatic imine (C=N–C) groups is 1. The van der Waals surface area contributed by atoms with Crippen LogP contribution in [0.5, 0.6) is 0 Å². The molecule has 2 aromatic carbocycles. The van der Waals surface area contributed by atoms with Crippen molar-refractivity contribution in [1.29, 1.82) is 0 Å². The summed E-state index contributed by atoms with van der Waals surface area (Å²) in [5.41, 5.74) is 4.73. The van der Waals surface area contributed by atoms with Gasteiger partial charge in [0.25, 0.3) is 0 Å². The molecular weight excluding hydrogens is 286 g/mol. The average Bonchev–Trinajstić information content (AvgIpc) is 2.56. The highest BCUT2D eigenvalue weighted by atomic mass is 32.1. The summed E-state index contributed by atoms with van der Waals surface area (Å²) >= 11 is 4.62. The topological polar surface area (TPSA) is 12.4 Å². The minimum Gasteiger partial charge on any atom is -0.195 e. The number of isothiocyanates is 1. The number of unbranched alkanes of at least 4 members (excludes halogenated alkanes) is 4. The van der Waals surface area contributed by atoms with Gasteiger partial charge in [-0.3, -0.25) is 0 Å². The lowest BCUT2D eigenvalue weighted by atomic mass is 10.0. The van der Waals surface area contributed by atoms with Gasteiger partial charge in [0.2, 0.25) is 0 Å². The zero-order valence-electron chi connectivity index (χ0n) is 13.2. The van der Waals surface area contributed by atoms with E-state index in [1.54, 1.807) is 0 Å². The van der Waals surface area contributed by atoms with Crippen LogP contribution in [-0.2, 0) is 6.42 Å². The van der Waals surface area contributed by atoms with Gasteiger partial charge in [0.1, 0.15) is 0 Å². The fraction of sp³-hybridized carbons (Fsp3) is 0.350. The second-order valence-electron chi connectivity index (χ2n) is 5.61. The molecule has 2 heteroatoms. The van der Waals surface area contributed by atoms with Gasteiger partial charge in [-0.25, -0.2) is 0 Å². The van der Waals surface area contributed by atoms with Crippen LogP contribution in [0.1, 0.15) is 44.6 Å². The first kappa shape index (κ1) is 16.6. The Balaban J connectivity index is 1.92. The zero-order valence-corrected chi connectivity index (χ0v) is 14.0. The van der Waals surface area contributed by atoms with Gasteiger partial charge in [0.05, 0.1) is 10.8 Å². The Labute approximate surface area is 139 Å². The third-order valence-electron chi connectivity index (χ3n) is 3.90. The molecule has 0 heterocycles. The van der Waals surface area contributed by atoms with E-state index in [1.807, 2.05) is 12.1 Å². The number of aryl methyl sites for hydroxylation is 1. The molecule has 0 spiro atoms. The van der Waals surface area contributed by atoms with E-state index in [4.69, 9.17) is 0 Å². The van der Waals surface area contributed by atoms with E-state index >= 15 is 0 Å². The van der Waals surface area contributed by atoms with E-state index in [9.17, 15) is 0 Å². The van der Waals surface area contributed by atoms with Crippen molar-refractivity contribution >= 4 is 23.1 Å². The van der Waals surface area contributed by atoms with Crippen LogP contribution in [0, 0.1) is 0 Å². The lowest BCUT2D eigenvalue weighted by Gasteiger charge is -2.05. The maximum Gasteiger partial charge on any atom is 0.0739 e. The monoisotopic (exact) mass is 309 g/mol. The number of thiocarbonyl (C=S) groups is 1. The number of hydrogen-bond donors (Lipinski definition) is 0. The summed E-state index contributed by atoms with van der Waals surface area (Å²) in [7, 11) is 0. The van der Waals surface area contributed by atoms with Crippen LogP contribution in [0.2, 0.25) is 0 Å². The summed E-state index contributed by atoms with van der Waals surface area (Å²) in [6.07, 6.45) is 7.87. The molecule has 0 unspecified atom stereocenters. The summed E-state index contributed by atoms with van der Waals surface area (Å²) < 4.78 is 0. The van der Waals surface area contributed by atoms with E-state index in [0.717, 1.165) is 5.69 Å². The van der Waals surface area contributed by atoms with Crippen molar-refractivity contribution in [1.82, 2.24) is 0 Å². The van der Waals surface area contributed by atoms with Crippen LogP contribution in [0.3, 0.4) is 0 Å². The number of benzene rings is 2. The SMILES string of the molecule is CCCCCCCc1ccc(-c2ccc(N=C=S)cc2)cc1. The molecule has 22 heavy (non-hydrogen) atoms. The van der Waals surface area contributed by atoms with Crippen LogP contribution in [0.15, 0.2) is 53.5 Å². The van der Waals surface area contributed by atoms with E-state index in [-0.39, 0.29) is 0 Å². The highest BCUT2D eigenvalue weighted by molar-refractivity contribution is 7.78. The summed E-state index contributed by atoms with van der Waals surface area (Å²) in [6, 6.07) is 17.0. The number of rotatable bonds is 8. The Morgan fingerprint density at radius 2 is 1.41 bits per heavy atom. The smallest absolute Gasteiger partial charge is 0.0739 e. The Bertz CT molecular complexity index is 607. The van der Waals surface area contributed by atoms with Crippen LogP contribution >= 0.6 is 12.2 Å². The Hall–Kier alpha value is -1.76. The third-order valence-corrected chi connectivity index (χ3v) is 3.99. The van der Waals surface area contributed by atoms with Crippen molar-refractivity contribution in [2.45, 2.75) is 45.4 Å². The molecule has 2 rings (SSSR count). The van der Waals surface area contributed by atoms with Crippen LogP contribution in [-0.4, -0.2) is 5.16 Å². The molecule has 114 valence electrons. The van der Waals surface area contributed by atoms with Crippen molar-refractivity contribution in [3.63, 3.8) is 0 Å². The highest BCUT2D eigenvalue weighted by Crippen LogP contribution is 2.23. The third kappa shape index (κ3) is 5.22. The average molecular weight is 309 g/mol. The lowest BCUT2D eigenvalue weighted by molar-refractivity contribution is 0.632. The second kappa shape index (κ2) is 9.30. The van der Waals surface area contributed by atoms with Gasteiger partial charge >= 0.3 is 0 Å². The fourth-order valence-corrected chi connectivity index (χ4v) is 2.68. The molecule has 0 aromatic heterocycles. The van der Waals surface area contributed by atoms with Crippen LogP contribution in [0.25, 0.3) is 11.1 Å². The quantitative estimate of drug-likeness (QED) is 0.304. The second-order valence-corrected chi connectivity index (χ2v) is 5.79. The Kier molecular flexibility index (Phi) is 7.02. The van der Waals surface area contributed by atoms with Crippen molar-refractivity contribution in [2.24, 2.45) is 4.99 Å². The van der Waals surface area contributed by atoms with E-state index in [1.165, 1.54) is 55.2 Å². The fourth-order valence-electron chi connectivity index (χ4n) is 2.58. The van der Waals surface area contributed by atoms with Gasteiger partial charge in [0.15, 0.2) is 0 Å². The first-order valence-electron chi connectivity index (χ1n) is 8.10. The van der Waals surface area contributed by atoms with Gasteiger partial charge in [0, 0.05) is 0 Å². The Morgan fingerprint density at radius 3 is 2.00 bits per heavy atom. The molecule has 0 amide bonds. The molecule has 2 aromatic rings. The number of hydrogen-bond acceptors (Lipinski definition) is 2. The minimum absolute atomic E-state index is 0.849. The molecule has 0 saturated heterocycles. The van der Waals surface area contributed by atoms with Crippen molar-refractivity contribution in [2.75, 3.05) is 0 Å². The molecule has 0 bridgehead atoms. The van der Waals surface area contributed by atoms with Gasteiger partial charge < -0.3 is 0 Å². The first-order valence-corrected chi connectivity index (χ1v) is 8.51. The van der Waals surface area contributed by atoms with E-state index < -0.39 is 0 Å². The summed E-state index contributed by atoms with van der Waals surface area (Å²) in [5, 5.41) is 2.39. The van der Waals surface area contributed by atoms with Gasteiger partial charge in [-0.1, -0.05) is 69.0 Å². The lowest BCUT2D eigenvalue weighted by Crippen LogP contribution is -1.86. The number of nitrogens with zero attached hydrogens (tertiary/aromatic N) is 1. The van der Waals surface area contributed by atoms with Gasteiger partial charge in [-0.15, -0.1) is 0 Å². The maximum absolute atomic E-state index is 4.62. The highest BCUT2D eigenvalue weighted by Gasteiger charge is 1.99. The van der Waals surface area contributed by atoms with Gasteiger partial charge in [-0.05, 0) is 53.9 Å². The van der Waals surface area contributed by atoms with Crippen LogP contribution in [0.4, 0.5) is 5.69 Å².